The van der Waals surface area contributed by atoms with Gasteiger partial charge in [-0.2, -0.15) is 23.0 Å². The standard InChI is InChI=1S/C21H21ClF4N8O/c1-13-17-18(28-19(22)27-17)33(9-4-8-21(24,25)26)20(35)32(13)10-5-11-34-30-16(29-31-34)12-14-6-2-3-7-15(14)23/h2-3,6-7H,1,4-5,8-12H2,(H,27,28). The SMILES string of the molecule is C=C1c2[nH]c(Cl)nc2N(CCCC(F)(F)F)C(=O)N1CCCn1nnc(Cc2ccccc2F)n1. The number of nitrogens with zero attached hydrogens (tertiary/aromatic N) is 7. The van der Waals surface area contributed by atoms with Gasteiger partial charge in [-0.05, 0) is 41.3 Å². The summed E-state index contributed by atoms with van der Waals surface area (Å²) in [5, 5.41) is 12.1. The molecule has 0 atom stereocenters. The van der Waals surface area contributed by atoms with Crippen LogP contribution in [0.2, 0.25) is 5.28 Å². The third-order valence-corrected chi connectivity index (χ3v) is 5.55. The number of fused-ring (bicyclic) bond motifs is 1. The highest BCUT2D eigenvalue weighted by molar-refractivity contribution is 6.28. The van der Waals surface area contributed by atoms with E-state index in [0.29, 0.717) is 35.7 Å². The molecule has 3 heterocycles. The number of carbonyl (C=O) groups is 1. The number of benzene rings is 1. The molecule has 2 aromatic heterocycles. The molecule has 0 radical (unpaired) electrons. The van der Waals surface area contributed by atoms with Gasteiger partial charge in [0.1, 0.15) is 11.5 Å². The lowest BCUT2D eigenvalue weighted by atomic mass is 10.1. The Morgan fingerprint density at radius 2 is 1.83 bits per heavy atom. The van der Waals surface area contributed by atoms with E-state index in [-0.39, 0.29) is 42.8 Å². The predicted octanol–water partition coefficient (Wildman–Crippen LogP) is 4.43. The molecule has 3 aromatic rings. The maximum Gasteiger partial charge on any atom is 0.389 e. The van der Waals surface area contributed by atoms with Crippen LogP contribution in [0, 0.1) is 5.82 Å². The van der Waals surface area contributed by atoms with Crippen molar-refractivity contribution in [2.75, 3.05) is 18.0 Å². The number of H-pyrrole nitrogens is 1. The molecule has 0 aliphatic carbocycles. The van der Waals surface area contributed by atoms with Crippen molar-refractivity contribution < 1.29 is 22.4 Å². The average Bonchev–Trinajstić information content (AvgIpc) is 3.40. The summed E-state index contributed by atoms with van der Waals surface area (Å²) in [5.74, 6) is 0.143. The van der Waals surface area contributed by atoms with Crippen LogP contribution in [0.25, 0.3) is 5.70 Å². The number of anilines is 1. The highest BCUT2D eigenvalue weighted by atomic mass is 35.5. The molecule has 14 heteroatoms. The zero-order chi connectivity index (χ0) is 25.2. The maximum atomic E-state index is 13.8. The minimum Gasteiger partial charge on any atom is -0.326 e. The molecule has 186 valence electrons. The summed E-state index contributed by atoms with van der Waals surface area (Å²) in [4.78, 5) is 23.8. The Morgan fingerprint density at radius 3 is 2.57 bits per heavy atom. The molecule has 0 spiro atoms. The Bertz CT molecular complexity index is 1220. The molecule has 0 fully saturated rings. The normalized spacial score (nSPS) is 14.1. The number of alkyl halides is 3. The second-order valence-electron chi connectivity index (χ2n) is 7.90. The van der Waals surface area contributed by atoms with Gasteiger partial charge in [-0.3, -0.25) is 9.80 Å². The van der Waals surface area contributed by atoms with Crippen LogP contribution in [0.1, 0.15) is 36.3 Å². The zero-order valence-corrected chi connectivity index (χ0v) is 19.2. The highest BCUT2D eigenvalue weighted by Gasteiger charge is 2.36. The molecule has 9 nitrogen and oxygen atoms in total. The number of carbonyl (C=O) groups excluding carboxylic acids is 1. The summed E-state index contributed by atoms with van der Waals surface area (Å²) in [5.41, 5.74) is 1.12. The van der Waals surface area contributed by atoms with Gasteiger partial charge in [0.05, 0.1) is 12.2 Å². The third-order valence-electron chi connectivity index (χ3n) is 5.37. The zero-order valence-electron chi connectivity index (χ0n) is 18.4. The molecule has 1 aliphatic heterocycles. The van der Waals surface area contributed by atoms with Crippen molar-refractivity contribution in [3.05, 3.63) is 59.0 Å². The van der Waals surface area contributed by atoms with Crippen LogP contribution in [-0.4, -0.2) is 60.4 Å². The summed E-state index contributed by atoms with van der Waals surface area (Å²) in [6.07, 6.45) is -5.06. The van der Waals surface area contributed by atoms with E-state index in [1.54, 1.807) is 18.2 Å². The molecule has 35 heavy (non-hydrogen) atoms. The number of imidazole rings is 1. The molecule has 0 unspecified atom stereocenters. The minimum absolute atomic E-state index is 0.000758. The van der Waals surface area contributed by atoms with Gasteiger partial charge >= 0.3 is 12.2 Å². The van der Waals surface area contributed by atoms with Gasteiger partial charge in [-0.15, -0.1) is 10.2 Å². The average molecular weight is 513 g/mol. The first-order chi connectivity index (χ1) is 16.6. The Morgan fingerprint density at radius 1 is 1.09 bits per heavy atom. The lowest BCUT2D eigenvalue weighted by Crippen LogP contribution is -2.47. The number of hydrogen-bond acceptors (Lipinski definition) is 5. The molecule has 4 rings (SSSR count). The van der Waals surface area contributed by atoms with Gasteiger partial charge < -0.3 is 4.98 Å². The highest BCUT2D eigenvalue weighted by Crippen LogP contribution is 2.35. The van der Waals surface area contributed by atoms with E-state index < -0.39 is 18.6 Å². The number of rotatable bonds is 9. The van der Waals surface area contributed by atoms with Gasteiger partial charge in [-0.1, -0.05) is 24.8 Å². The quantitative estimate of drug-likeness (QED) is 0.428. The Labute approximate surface area is 202 Å². The largest absolute Gasteiger partial charge is 0.389 e. The van der Waals surface area contributed by atoms with Crippen molar-refractivity contribution in [3.8, 4) is 0 Å². The first-order valence-corrected chi connectivity index (χ1v) is 11.1. The Kier molecular flexibility index (Phi) is 7.05. The maximum absolute atomic E-state index is 13.8. The topological polar surface area (TPSA) is 95.8 Å². The number of hydrogen-bond donors (Lipinski definition) is 1. The molecule has 1 N–H and O–H groups in total. The van der Waals surface area contributed by atoms with Crippen molar-refractivity contribution in [1.29, 1.82) is 0 Å². The summed E-state index contributed by atoms with van der Waals surface area (Å²) >= 11 is 5.94. The van der Waals surface area contributed by atoms with E-state index in [2.05, 4.69) is 32.0 Å². The van der Waals surface area contributed by atoms with Crippen molar-refractivity contribution in [2.24, 2.45) is 0 Å². The van der Waals surface area contributed by atoms with Gasteiger partial charge in [0.2, 0.25) is 5.28 Å². The summed E-state index contributed by atoms with van der Waals surface area (Å²) in [6.45, 7) is 4.23. The molecule has 0 saturated heterocycles. The first kappa shape index (κ1) is 24.6. The second-order valence-corrected chi connectivity index (χ2v) is 8.26. The molecular formula is C21H21ClF4N8O. The van der Waals surface area contributed by atoms with Gasteiger partial charge in [-0.25, -0.2) is 9.18 Å². The van der Waals surface area contributed by atoms with Crippen LogP contribution < -0.4 is 4.90 Å². The number of halogens is 5. The lowest BCUT2D eigenvalue weighted by Gasteiger charge is -2.35. The molecule has 0 bridgehead atoms. The predicted molar refractivity (Wildman–Crippen MR) is 119 cm³/mol. The van der Waals surface area contributed by atoms with E-state index in [4.69, 9.17) is 11.6 Å². The van der Waals surface area contributed by atoms with Crippen LogP contribution in [0.4, 0.5) is 28.2 Å². The Hall–Kier alpha value is -3.48. The van der Waals surface area contributed by atoms with Crippen molar-refractivity contribution in [2.45, 2.75) is 38.4 Å². The number of amides is 2. The first-order valence-electron chi connectivity index (χ1n) is 10.7. The molecule has 2 amide bonds. The van der Waals surface area contributed by atoms with Crippen molar-refractivity contribution in [1.82, 2.24) is 35.1 Å². The number of urea groups is 1. The van der Waals surface area contributed by atoms with E-state index in [0.717, 1.165) is 0 Å². The fourth-order valence-corrected chi connectivity index (χ4v) is 3.89. The van der Waals surface area contributed by atoms with E-state index >= 15 is 0 Å². The summed E-state index contributed by atoms with van der Waals surface area (Å²) < 4.78 is 51.7. The number of aromatic nitrogens is 6. The number of aryl methyl sites for hydroxylation is 1. The monoisotopic (exact) mass is 512 g/mol. The van der Waals surface area contributed by atoms with Crippen LogP contribution in [0.3, 0.4) is 0 Å². The van der Waals surface area contributed by atoms with Crippen molar-refractivity contribution in [3.63, 3.8) is 0 Å². The minimum atomic E-state index is -4.33. The lowest BCUT2D eigenvalue weighted by molar-refractivity contribution is -0.135. The summed E-state index contributed by atoms with van der Waals surface area (Å²) in [7, 11) is 0. The van der Waals surface area contributed by atoms with Gasteiger partial charge in [0, 0.05) is 25.9 Å². The number of nitrogens with one attached hydrogen (secondary N) is 1. The van der Waals surface area contributed by atoms with Crippen molar-refractivity contribution >= 4 is 29.1 Å². The van der Waals surface area contributed by atoms with Crippen LogP contribution in [-0.2, 0) is 13.0 Å². The third kappa shape index (κ3) is 5.78. The molecular weight excluding hydrogens is 492 g/mol. The van der Waals surface area contributed by atoms with Crippen LogP contribution in [0.5, 0.6) is 0 Å². The molecule has 0 saturated carbocycles. The molecule has 1 aliphatic rings. The van der Waals surface area contributed by atoms with Gasteiger partial charge in [0.25, 0.3) is 0 Å². The Balaban J connectivity index is 1.39. The molecule has 1 aromatic carbocycles. The fraction of sp³-hybridized carbons (Fsp3) is 0.381. The number of tetrazole rings is 1. The van der Waals surface area contributed by atoms with Crippen LogP contribution >= 0.6 is 11.6 Å². The number of aromatic amines is 1. The van der Waals surface area contributed by atoms with Crippen LogP contribution in [0.15, 0.2) is 30.8 Å². The second kappa shape index (κ2) is 10.0. The fourth-order valence-electron chi connectivity index (χ4n) is 3.71. The van der Waals surface area contributed by atoms with E-state index in [9.17, 15) is 22.4 Å². The van der Waals surface area contributed by atoms with E-state index in [1.165, 1.54) is 20.7 Å². The summed E-state index contributed by atoms with van der Waals surface area (Å²) in [6, 6.07) is 5.76. The van der Waals surface area contributed by atoms with Gasteiger partial charge in [0.15, 0.2) is 11.6 Å². The smallest absolute Gasteiger partial charge is 0.326 e. The van der Waals surface area contributed by atoms with E-state index in [1.807, 2.05) is 0 Å².